The minimum atomic E-state index is -0.915. The summed E-state index contributed by atoms with van der Waals surface area (Å²) in [5.41, 5.74) is 5.87. The van der Waals surface area contributed by atoms with Gasteiger partial charge in [-0.15, -0.1) is 6.58 Å². The van der Waals surface area contributed by atoms with Crippen LogP contribution in [-0.4, -0.2) is 126 Å². The van der Waals surface area contributed by atoms with Gasteiger partial charge in [-0.3, -0.25) is 43.7 Å². The van der Waals surface area contributed by atoms with E-state index in [1.165, 1.54) is 24.1 Å². The molecule has 6 heterocycles. The molecule has 4 aromatic rings. The molecule has 10 rings (SSSR count). The van der Waals surface area contributed by atoms with E-state index in [4.69, 9.17) is 28.7 Å². The van der Waals surface area contributed by atoms with Gasteiger partial charge in [0.2, 0.25) is 29.5 Å². The van der Waals surface area contributed by atoms with Crippen molar-refractivity contribution in [1.29, 1.82) is 0 Å². The molecule has 446 valence electrons. The van der Waals surface area contributed by atoms with Crippen LogP contribution in [0.2, 0.25) is 0 Å². The van der Waals surface area contributed by atoms with Crippen molar-refractivity contribution in [2.24, 2.45) is 27.7 Å². The Labute approximate surface area is 494 Å². The minimum Gasteiger partial charge on any atom is -0.493 e. The van der Waals surface area contributed by atoms with Crippen molar-refractivity contribution in [1.82, 2.24) is 25.3 Å². The van der Waals surface area contributed by atoms with E-state index in [1.54, 1.807) is 67.7 Å². The van der Waals surface area contributed by atoms with Gasteiger partial charge < -0.3 is 49.4 Å². The third-order valence-electron chi connectivity index (χ3n) is 16.5. The zero-order valence-corrected chi connectivity index (χ0v) is 49.0. The van der Waals surface area contributed by atoms with Crippen molar-refractivity contribution in [3.05, 3.63) is 126 Å². The summed E-state index contributed by atoms with van der Waals surface area (Å²) in [5, 5.41) is 8.48. The fourth-order valence-electron chi connectivity index (χ4n) is 11.5. The lowest BCUT2D eigenvalue weighted by Crippen LogP contribution is -2.53. The summed E-state index contributed by atoms with van der Waals surface area (Å²) in [6.07, 6.45) is 12.5. The Hall–Kier alpha value is -8.65. The Kier molecular flexibility index (Phi) is 17.7. The summed E-state index contributed by atoms with van der Waals surface area (Å²) in [5.74, 6) is -0.584. The molecule has 4 aromatic carbocycles. The summed E-state index contributed by atoms with van der Waals surface area (Å²) in [6, 6.07) is 18.7. The number of aliphatic imine (C=N–C) groups is 2. The number of imide groups is 1. The van der Waals surface area contributed by atoms with Gasteiger partial charge in [0.05, 0.1) is 56.0 Å². The number of ether oxygens (including phenoxy) is 5. The van der Waals surface area contributed by atoms with Crippen molar-refractivity contribution < 1.29 is 56.8 Å². The molecule has 0 radical (unpaired) electrons. The van der Waals surface area contributed by atoms with E-state index in [0.717, 1.165) is 27.8 Å². The molecule has 0 spiro atoms. The Morgan fingerprint density at radius 3 is 2.14 bits per heavy atom. The lowest BCUT2D eigenvalue weighted by molar-refractivity contribution is -0.140. The summed E-state index contributed by atoms with van der Waals surface area (Å²) < 4.78 is 44.0. The van der Waals surface area contributed by atoms with Gasteiger partial charge in [0.15, 0.2) is 29.2 Å². The number of likely N-dealkylation sites (tertiary alicyclic amines) is 1. The second-order valence-electron chi connectivity index (χ2n) is 23.0. The lowest BCUT2D eigenvalue weighted by atomic mass is 9.91. The van der Waals surface area contributed by atoms with Crippen LogP contribution in [0.1, 0.15) is 119 Å². The van der Waals surface area contributed by atoms with E-state index in [2.05, 4.69) is 38.6 Å². The molecule has 2 saturated heterocycles. The maximum atomic E-state index is 13.8. The number of benzene rings is 4. The molecule has 19 nitrogen and oxygen atoms in total. The predicted molar refractivity (Wildman–Crippen MR) is 319 cm³/mol. The van der Waals surface area contributed by atoms with Gasteiger partial charge >= 0.3 is 0 Å². The summed E-state index contributed by atoms with van der Waals surface area (Å²) in [6.45, 7) is 14.2. The highest BCUT2D eigenvalue weighted by Gasteiger charge is 2.54. The van der Waals surface area contributed by atoms with Gasteiger partial charge in [0.1, 0.15) is 24.0 Å². The quantitative estimate of drug-likeness (QED) is 0.0258. The number of hydrogen-bond acceptors (Lipinski definition) is 14. The molecule has 20 heteroatoms. The van der Waals surface area contributed by atoms with Gasteiger partial charge in [-0.05, 0) is 90.3 Å². The fourth-order valence-corrected chi connectivity index (χ4v) is 11.5. The summed E-state index contributed by atoms with van der Waals surface area (Å²) in [4.78, 5) is 93.5. The van der Waals surface area contributed by atoms with Crippen LogP contribution >= 0.6 is 0 Å². The number of amides is 6. The van der Waals surface area contributed by atoms with Crippen molar-refractivity contribution in [2.45, 2.75) is 122 Å². The molecule has 85 heavy (non-hydrogen) atoms. The van der Waals surface area contributed by atoms with Crippen LogP contribution < -0.4 is 34.9 Å². The first kappa shape index (κ1) is 59.5. The molecular formula is C65H73FN8O11. The highest BCUT2D eigenvalue weighted by atomic mass is 19.1. The molecule has 7 atom stereocenters. The molecule has 0 bridgehead atoms. The third-order valence-corrected chi connectivity index (χ3v) is 16.5. The van der Waals surface area contributed by atoms with E-state index in [9.17, 15) is 33.2 Å². The number of hydrogen-bond donors (Lipinski definition) is 3. The van der Waals surface area contributed by atoms with Crippen LogP contribution in [0.3, 0.4) is 0 Å². The predicted octanol–water partition coefficient (Wildman–Crippen LogP) is 9.62. The number of anilines is 1. The number of fused-ring (bicyclic) bond motifs is 7. The molecular weight excluding hydrogens is 1090 g/mol. The molecule has 0 aromatic heterocycles. The van der Waals surface area contributed by atoms with Gasteiger partial charge in [0, 0.05) is 92.8 Å². The first-order chi connectivity index (χ1) is 40.9. The normalized spacial score (nSPS) is 21.9. The van der Waals surface area contributed by atoms with Crippen LogP contribution in [0.15, 0.2) is 108 Å². The zero-order chi connectivity index (χ0) is 60.3. The number of carbonyl (C=O) groups excluding carboxylic acids is 6. The van der Waals surface area contributed by atoms with Crippen LogP contribution in [-0.2, 0) is 28.7 Å². The molecule has 0 aliphatic carbocycles. The van der Waals surface area contributed by atoms with Crippen LogP contribution in [0.5, 0.6) is 23.0 Å². The van der Waals surface area contributed by atoms with E-state index in [-0.39, 0.29) is 91.6 Å². The largest absolute Gasteiger partial charge is 0.493 e. The summed E-state index contributed by atoms with van der Waals surface area (Å²) in [7, 11) is 3.10. The van der Waals surface area contributed by atoms with Gasteiger partial charge in [0.25, 0.3) is 5.91 Å². The van der Waals surface area contributed by atoms with Crippen molar-refractivity contribution in [3.8, 4) is 23.0 Å². The molecule has 6 aliphatic rings. The Bertz CT molecular complexity index is 3400. The lowest BCUT2D eigenvalue weighted by Gasteiger charge is -2.33. The average Bonchev–Trinajstić information content (AvgIpc) is 1.84. The van der Waals surface area contributed by atoms with Crippen molar-refractivity contribution in [3.63, 3.8) is 0 Å². The highest BCUT2D eigenvalue weighted by Crippen LogP contribution is 2.54. The second-order valence-corrected chi connectivity index (χ2v) is 23.0. The fraction of sp³-hybridized carbons (Fsp3) is 0.415. The van der Waals surface area contributed by atoms with Gasteiger partial charge in [-0.2, -0.15) is 0 Å². The first-order valence-corrected chi connectivity index (χ1v) is 29.1. The zero-order valence-electron chi connectivity index (χ0n) is 49.0. The standard InChI is InChI=1S/C65H73FN8O11/c1-9-65-32-43(41-17-21-45(22-18-41)70-60(77)39(6)69-61(78)58(38(4)5)71-56(75)14-11-10-12-23-72-57(76)29-47(37(2)3)62(72)79)35-74(65)64-59(85-64)48-27-52(81-7)54(30-50(48)68-36-65)83-24-13-25-84-55-31-51-49(28-53(55)82-8)63(80)73-34-42(26-46(73)33-67-51)40-15-19-44(66)20-16-40/h9,15-22,27-28,30-31,33-39,46-47,58-59,64H,1,10-14,23-26,29,32H2,2-8H3,(H,69,78)(H,70,77)(H,71,75)/b68-36-/t39-,46-,47?,58-,59?,64?,65-/m0/s1. The number of rotatable bonds is 24. The van der Waals surface area contributed by atoms with Crippen LogP contribution in [0, 0.1) is 23.6 Å². The number of nitrogens with zero attached hydrogens (tertiary/aromatic N) is 5. The second kappa shape index (κ2) is 25.3. The number of nitrogens with one attached hydrogen (secondary N) is 3. The van der Waals surface area contributed by atoms with Gasteiger partial charge in [-0.1, -0.05) is 64.5 Å². The van der Waals surface area contributed by atoms with Gasteiger partial charge in [-0.25, -0.2) is 4.39 Å². The van der Waals surface area contributed by atoms with E-state index < -0.39 is 29.4 Å². The Morgan fingerprint density at radius 1 is 0.788 bits per heavy atom. The number of unbranched alkanes of at least 4 members (excludes halogenated alkanes) is 2. The third kappa shape index (κ3) is 12.7. The Morgan fingerprint density at radius 2 is 1.47 bits per heavy atom. The topological polar surface area (TPSA) is 222 Å². The first-order valence-electron chi connectivity index (χ1n) is 29.1. The molecule has 6 amide bonds. The minimum absolute atomic E-state index is 0.102. The average molecular weight is 1160 g/mol. The molecule has 0 saturated carbocycles. The molecule has 3 unspecified atom stereocenters. The maximum Gasteiger partial charge on any atom is 0.260 e. The highest BCUT2D eigenvalue weighted by molar-refractivity contribution is 6.06. The molecule has 3 N–H and O–H groups in total. The van der Waals surface area contributed by atoms with Crippen molar-refractivity contribution in [2.75, 3.05) is 39.3 Å². The summed E-state index contributed by atoms with van der Waals surface area (Å²) >= 11 is 0. The number of methoxy groups -OCH3 is 2. The Balaban J connectivity index is 0.701. The van der Waals surface area contributed by atoms with E-state index >= 15 is 0 Å². The monoisotopic (exact) mass is 1160 g/mol. The van der Waals surface area contributed by atoms with E-state index in [0.29, 0.717) is 90.7 Å². The molecule has 2 fully saturated rings. The number of carbonyl (C=O) groups is 6. The maximum absolute atomic E-state index is 13.8. The number of epoxide rings is 1. The number of halogens is 1. The smallest absolute Gasteiger partial charge is 0.260 e. The van der Waals surface area contributed by atoms with Crippen LogP contribution in [0.4, 0.5) is 21.5 Å². The van der Waals surface area contributed by atoms with Crippen molar-refractivity contribution >= 4 is 76.1 Å². The molecule has 6 aliphatic heterocycles. The van der Waals surface area contributed by atoms with E-state index in [1.807, 2.05) is 64.3 Å². The SMILES string of the molecule is C=C[C@]12/C=N\c3cc(OCCCOc4cc5c(cc4OC)C(=O)N4C=C(c6ccc(F)cc6)C[C@H]4C=N5)c(OC)cc3C3OC3N1C=C(c1ccc(NC(=O)[C@H](C)NC(=O)[C@@H](NC(=O)CCCCCN3C(=O)CC(C(C)C)C3=O)C(C)C)cc1)C2. The van der Waals surface area contributed by atoms with Crippen LogP contribution in [0.25, 0.3) is 11.1 Å².